The molecule has 2 nitrogen and oxygen atoms in total. The van der Waals surface area contributed by atoms with E-state index in [1.807, 2.05) is 6.07 Å². The Kier molecular flexibility index (Phi) is 3.54. The molecule has 0 radical (unpaired) electrons. The van der Waals surface area contributed by atoms with Crippen molar-refractivity contribution in [3.8, 4) is 17.2 Å². The number of pyridine rings is 1. The molecule has 0 N–H and O–H groups in total. The Labute approximate surface area is 113 Å². The summed E-state index contributed by atoms with van der Waals surface area (Å²) in [5, 5.41) is 10.1. The van der Waals surface area contributed by atoms with Crippen LogP contribution in [0.15, 0.2) is 30.5 Å². The summed E-state index contributed by atoms with van der Waals surface area (Å²) < 4.78 is 0. The summed E-state index contributed by atoms with van der Waals surface area (Å²) in [7, 11) is 0. The Hall–Kier alpha value is -1.27. The Morgan fingerprint density at radius 2 is 1.59 bits per heavy atom. The first-order valence-electron chi connectivity index (χ1n) is 4.62. The molecule has 0 aliphatic heterocycles. The van der Waals surface area contributed by atoms with Gasteiger partial charge in [0.1, 0.15) is 6.07 Å². The molecule has 0 amide bonds. The maximum Gasteiger partial charge on any atom is 0.159 e. The fourth-order valence-electron chi connectivity index (χ4n) is 1.40. The second-order valence-electron chi connectivity index (χ2n) is 3.32. The van der Waals surface area contributed by atoms with E-state index in [4.69, 9.17) is 40.1 Å². The van der Waals surface area contributed by atoms with Crippen molar-refractivity contribution in [1.29, 1.82) is 5.26 Å². The monoisotopic (exact) mass is 282 g/mol. The van der Waals surface area contributed by atoms with Gasteiger partial charge in [-0.15, -0.1) is 0 Å². The highest BCUT2D eigenvalue weighted by molar-refractivity contribution is 6.35. The molecule has 2 rings (SSSR count). The summed E-state index contributed by atoms with van der Waals surface area (Å²) in [6, 6.07) is 8.72. The van der Waals surface area contributed by atoms with Crippen LogP contribution in [0.25, 0.3) is 11.1 Å². The molecule has 17 heavy (non-hydrogen) atoms. The highest BCUT2D eigenvalue weighted by Crippen LogP contribution is 2.28. The lowest BCUT2D eigenvalue weighted by Crippen LogP contribution is -1.86. The number of nitrogens with zero attached hydrogens (tertiary/aromatic N) is 2. The van der Waals surface area contributed by atoms with Crippen molar-refractivity contribution in [3.05, 3.63) is 51.2 Å². The number of halogens is 3. The van der Waals surface area contributed by atoms with Crippen molar-refractivity contribution in [1.82, 2.24) is 4.98 Å². The Morgan fingerprint density at radius 3 is 2.12 bits per heavy atom. The fraction of sp³-hybridized carbons (Fsp3) is 0. The van der Waals surface area contributed by atoms with Crippen LogP contribution in [0, 0.1) is 11.3 Å². The van der Waals surface area contributed by atoms with E-state index < -0.39 is 0 Å². The smallest absolute Gasteiger partial charge is 0.159 e. The van der Waals surface area contributed by atoms with Gasteiger partial charge in [0, 0.05) is 21.8 Å². The molecule has 0 spiro atoms. The van der Waals surface area contributed by atoms with Crippen molar-refractivity contribution < 1.29 is 0 Å². The molecule has 84 valence electrons. The molecular weight excluding hydrogens is 279 g/mol. The zero-order valence-electron chi connectivity index (χ0n) is 8.42. The Balaban J connectivity index is 2.54. The van der Waals surface area contributed by atoms with Gasteiger partial charge < -0.3 is 0 Å². The third kappa shape index (κ3) is 2.70. The lowest BCUT2D eigenvalue weighted by molar-refractivity contribution is 1.26. The van der Waals surface area contributed by atoms with E-state index in [-0.39, 0.29) is 5.69 Å². The topological polar surface area (TPSA) is 36.7 Å². The minimum absolute atomic E-state index is 0.198. The van der Waals surface area contributed by atoms with E-state index in [1.54, 1.807) is 30.5 Å². The number of benzene rings is 1. The van der Waals surface area contributed by atoms with E-state index in [2.05, 4.69) is 4.98 Å². The molecule has 5 heteroatoms. The van der Waals surface area contributed by atoms with Gasteiger partial charge in [0.15, 0.2) is 5.69 Å². The van der Waals surface area contributed by atoms with E-state index in [1.165, 1.54) is 0 Å². The zero-order valence-corrected chi connectivity index (χ0v) is 10.7. The van der Waals surface area contributed by atoms with Crippen LogP contribution >= 0.6 is 34.8 Å². The summed E-state index contributed by atoms with van der Waals surface area (Å²) in [5.41, 5.74) is 1.77. The molecule has 0 saturated carbocycles. The quantitative estimate of drug-likeness (QED) is 0.768. The van der Waals surface area contributed by atoms with Crippen LogP contribution < -0.4 is 0 Å². The third-order valence-electron chi connectivity index (χ3n) is 2.14. The second-order valence-corrected chi connectivity index (χ2v) is 4.60. The van der Waals surface area contributed by atoms with Gasteiger partial charge in [0.25, 0.3) is 0 Å². The minimum Gasteiger partial charge on any atom is -0.243 e. The number of hydrogen-bond donors (Lipinski definition) is 0. The van der Waals surface area contributed by atoms with Crippen molar-refractivity contribution in [2.75, 3.05) is 0 Å². The van der Waals surface area contributed by atoms with Crippen LogP contribution in [0.3, 0.4) is 0 Å². The van der Waals surface area contributed by atoms with E-state index in [9.17, 15) is 0 Å². The van der Waals surface area contributed by atoms with Crippen molar-refractivity contribution in [2.24, 2.45) is 0 Å². The Bertz CT molecular complexity index is 597. The molecule has 0 unspecified atom stereocenters. The van der Waals surface area contributed by atoms with Gasteiger partial charge in [0.05, 0.1) is 5.02 Å². The first-order valence-corrected chi connectivity index (χ1v) is 5.75. The summed E-state index contributed by atoms with van der Waals surface area (Å²) in [5.74, 6) is 0. The number of rotatable bonds is 1. The van der Waals surface area contributed by atoms with Crippen LogP contribution in [0.4, 0.5) is 0 Å². The maximum atomic E-state index is 8.73. The largest absolute Gasteiger partial charge is 0.243 e. The predicted molar refractivity (Wildman–Crippen MR) is 69.4 cm³/mol. The summed E-state index contributed by atoms with van der Waals surface area (Å²) >= 11 is 17.7. The Morgan fingerprint density at radius 1 is 0.941 bits per heavy atom. The van der Waals surface area contributed by atoms with Crippen molar-refractivity contribution >= 4 is 34.8 Å². The molecule has 0 atom stereocenters. The van der Waals surface area contributed by atoms with Crippen molar-refractivity contribution in [2.45, 2.75) is 0 Å². The van der Waals surface area contributed by atoms with Crippen LogP contribution in [-0.2, 0) is 0 Å². The third-order valence-corrected chi connectivity index (χ3v) is 2.87. The standard InChI is InChI=1S/C12H5Cl3N2/c13-9-1-7(2-10(14)4-9)8-3-11(15)12(5-16)17-6-8/h1-4,6H. The number of aromatic nitrogens is 1. The van der Waals surface area contributed by atoms with Crippen molar-refractivity contribution in [3.63, 3.8) is 0 Å². The van der Waals surface area contributed by atoms with Crippen LogP contribution in [-0.4, -0.2) is 4.98 Å². The summed E-state index contributed by atoms with van der Waals surface area (Å²) in [6.07, 6.45) is 1.56. The SMILES string of the molecule is N#Cc1ncc(-c2cc(Cl)cc(Cl)c2)cc1Cl. The van der Waals surface area contributed by atoms with Gasteiger partial charge >= 0.3 is 0 Å². The summed E-state index contributed by atoms with van der Waals surface area (Å²) in [4.78, 5) is 3.95. The van der Waals surface area contributed by atoms with Gasteiger partial charge in [-0.05, 0) is 29.8 Å². The van der Waals surface area contributed by atoms with Gasteiger partial charge in [-0.25, -0.2) is 4.98 Å². The number of hydrogen-bond acceptors (Lipinski definition) is 2. The second kappa shape index (κ2) is 4.93. The minimum atomic E-state index is 0.198. The lowest BCUT2D eigenvalue weighted by atomic mass is 10.1. The molecule has 0 aliphatic rings. The highest BCUT2D eigenvalue weighted by Gasteiger charge is 2.06. The molecule has 0 aliphatic carbocycles. The molecule has 0 saturated heterocycles. The number of nitriles is 1. The van der Waals surface area contributed by atoms with Gasteiger partial charge in [-0.1, -0.05) is 34.8 Å². The summed E-state index contributed by atoms with van der Waals surface area (Å²) in [6.45, 7) is 0. The lowest BCUT2D eigenvalue weighted by Gasteiger charge is -2.04. The highest BCUT2D eigenvalue weighted by atomic mass is 35.5. The van der Waals surface area contributed by atoms with E-state index in [0.29, 0.717) is 15.1 Å². The van der Waals surface area contributed by atoms with Crippen LogP contribution in [0.1, 0.15) is 5.69 Å². The first-order chi connectivity index (χ1) is 8.10. The predicted octanol–water partition coefficient (Wildman–Crippen LogP) is 4.58. The van der Waals surface area contributed by atoms with Gasteiger partial charge in [0.2, 0.25) is 0 Å². The molecular formula is C12H5Cl3N2. The molecule has 1 aromatic carbocycles. The van der Waals surface area contributed by atoms with Gasteiger partial charge in [-0.2, -0.15) is 5.26 Å². The maximum absolute atomic E-state index is 8.73. The normalized spacial score (nSPS) is 10.0. The van der Waals surface area contributed by atoms with E-state index >= 15 is 0 Å². The van der Waals surface area contributed by atoms with Gasteiger partial charge in [-0.3, -0.25) is 0 Å². The zero-order chi connectivity index (χ0) is 12.4. The average Bonchev–Trinajstić information content (AvgIpc) is 2.27. The molecule has 0 fully saturated rings. The van der Waals surface area contributed by atoms with Crippen LogP contribution in [0.2, 0.25) is 15.1 Å². The molecule has 0 bridgehead atoms. The average molecular weight is 284 g/mol. The fourth-order valence-corrected chi connectivity index (χ4v) is 2.13. The first kappa shape index (κ1) is 12.2. The molecule has 1 aromatic heterocycles. The molecule has 2 aromatic rings. The molecule has 1 heterocycles. The van der Waals surface area contributed by atoms with E-state index in [0.717, 1.165) is 11.1 Å². The van der Waals surface area contributed by atoms with Crippen LogP contribution in [0.5, 0.6) is 0 Å².